The van der Waals surface area contributed by atoms with Gasteiger partial charge in [0.05, 0.1) is 11.1 Å². The van der Waals surface area contributed by atoms with Gasteiger partial charge in [-0.25, -0.2) is 4.98 Å². The van der Waals surface area contributed by atoms with Crippen molar-refractivity contribution in [2.45, 2.75) is 19.4 Å². The summed E-state index contributed by atoms with van der Waals surface area (Å²) in [6.07, 6.45) is 0. The van der Waals surface area contributed by atoms with E-state index in [9.17, 15) is 9.90 Å². The highest BCUT2D eigenvalue weighted by Gasteiger charge is 2.26. The summed E-state index contributed by atoms with van der Waals surface area (Å²) < 4.78 is 0. The van der Waals surface area contributed by atoms with Crippen molar-refractivity contribution in [2.75, 3.05) is 32.7 Å². The predicted molar refractivity (Wildman–Crippen MR) is 70.8 cm³/mol. The molecule has 0 aromatic carbocycles. The van der Waals surface area contributed by atoms with Gasteiger partial charge in [0.25, 0.3) is 5.91 Å². The van der Waals surface area contributed by atoms with Crippen molar-refractivity contribution in [3.63, 3.8) is 0 Å². The average Bonchev–Trinajstić information content (AvgIpc) is 2.80. The van der Waals surface area contributed by atoms with Crippen LogP contribution in [0.15, 0.2) is 10.9 Å². The second-order valence-electron chi connectivity index (χ2n) is 5.25. The molecule has 0 saturated carbocycles. The molecule has 1 aromatic rings. The second-order valence-corrected chi connectivity index (χ2v) is 5.97. The Kier molecular flexibility index (Phi) is 3.99. The monoisotopic (exact) mass is 269 g/mol. The van der Waals surface area contributed by atoms with Crippen LogP contribution in [0.5, 0.6) is 0 Å². The van der Waals surface area contributed by atoms with Gasteiger partial charge in [-0.3, -0.25) is 9.69 Å². The van der Waals surface area contributed by atoms with E-state index >= 15 is 0 Å². The lowest BCUT2D eigenvalue weighted by atomic mass is 10.1. The van der Waals surface area contributed by atoms with Crippen LogP contribution in [-0.4, -0.2) is 64.1 Å². The highest BCUT2D eigenvalue weighted by molar-refractivity contribution is 7.07. The zero-order valence-corrected chi connectivity index (χ0v) is 11.6. The molecule has 100 valence electrons. The fourth-order valence-electron chi connectivity index (χ4n) is 2.14. The Labute approximate surface area is 111 Å². The fourth-order valence-corrected chi connectivity index (χ4v) is 2.66. The van der Waals surface area contributed by atoms with E-state index in [1.165, 1.54) is 11.3 Å². The molecule has 18 heavy (non-hydrogen) atoms. The van der Waals surface area contributed by atoms with Crippen LogP contribution in [0, 0.1) is 0 Å². The summed E-state index contributed by atoms with van der Waals surface area (Å²) in [5.41, 5.74) is 1.54. The average molecular weight is 269 g/mol. The minimum Gasteiger partial charge on any atom is -0.389 e. The molecule has 0 spiro atoms. The largest absolute Gasteiger partial charge is 0.389 e. The van der Waals surface area contributed by atoms with Crippen molar-refractivity contribution < 1.29 is 9.90 Å². The third-order valence-electron chi connectivity index (χ3n) is 2.92. The van der Waals surface area contributed by atoms with Crippen LogP contribution in [0.2, 0.25) is 0 Å². The van der Waals surface area contributed by atoms with Crippen molar-refractivity contribution in [1.29, 1.82) is 0 Å². The third kappa shape index (κ3) is 3.51. The van der Waals surface area contributed by atoms with E-state index < -0.39 is 5.60 Å². The van der Waals surface area contributed by atoms with Gasteiger partial charge in [-0.1, -0.05) is 0 Å². The van der Waals surface area contributed by atoms with Gasteiger partial charge in [-0.15, -0.1) is 11.3 Å². The SMILES string of the molecule is CC(C)(O)CN1CCN(C(=O)c2cscn2)CC1. The summed E-state index contributed by atoms with van der Waals surface area (Å²) in [6.45, 7) is 7.27. The zero-order valence-electron chi connectivity index (χ0n) is 10.8. The van der Waals surface area contributed by atoms with Gasteiger partial charge < -0.3 is 10.0 Å². The van der Waals surface area contributed by atoms with Gasteiger partial charge in [-0.05, 0) is 13.8 Å². The lowest BCUT2D eigenvalue weighted by molar-refractivity contribution is 0.0177. The van der Waals surface area contributed by atoms with Crippen molar-refractivity contribution in [1.82, 2.24) is 14.8 Å². The minimum atomic E-state index is -0.679. The number of hydrogen-bond acceptors (Lipinski definition) is 5. The number of β-amino-alcohol motifs (C(OH)–C–C–N with tert-alkyl or cyclic N) is 1. The standard InChI is InChI=1S/C12H19N3O2S/c1-12(2,17)8-14-3-5-15(6-4-14)11(16)10-7-18-9-13-10/h7,9,17H,3-6,8H2,1-2H3. The number of piperazine rings is 1. The third-order valence-corrected chi connectivity index (χ3v) is 3.51. The van der Waals surface area contributed by atoms with Gasteiger partial charge in [0.2, 0.25) is 0 Å². The van der Waals surface area contributed by atoms with E-state index in [0.29, 0.717) is 25.3 Å². The van der Waals surface area contributed by atoms with E-state index in [1.54, 1.807) is 24.7 Å². The molecule has 1 fully saturated rings. The van der Waals surface area contributed by atoms with E-state index in [1.807, 2.05) is 4.90 Å². The summed E-state index contributed by atoms with van der Waals surface area (Å²) in [5.74, 6) is 0.0131. The first-order valence-corrected chi connectivity index (χ1v) is 7.02. The molecule has 2 heterocycles. The van der Waals surface area contributed by atoms with E-state index in [2.05, 4.69) is 9.88 Å². The van der Waals surface area contributed by atoms with Gasteiger partial charge in [0, 0.05) is 38.1 Å². The Hall–Kier alpha value is -0.980. The molecule has 6 heteroatoms. The number of nitrogens with zero attached hydrogens (tertiary/aromatic N) is 3. The number of thiazole rings is 1. The molecule has 0 unspecified atom stereocenters. The zero-order chi connectivity index (χ0) is 13.2. The summed E-state index contributed by atoms with van der Waals surface area (Å²) in [5, 5.41) is 11.5. The maximum atomic E-state index is 12.1. The number of amides is 1. The first-order valence-electron chi connectivity index (χ1n) is 6.08. The van der Waals surface area contributed by atoms with Crippen LogP contribution in [-0.2, 0) is 0 Å². The van der Waals surface area contributed by atoms with Gasteiger partial charge in [-0.2, -0.15) is 0 Å². The maximum absolute atomic E-state index is 12.1. The molecule has 5 nitrogen and oxygen atoms in total. The van der Waals surface area contributed by atoms with Crippen molar-refractivity contribution in [2.24, 2.45) is 0 Å². The highest BCUT2D eigenvalue weighted by atomic mass is 32.1. The van der Waals surface area contributed by atoms with Crippen LogP contribution in [0.25, 0.3) is 0 Å². The summed E-state index contributed by atoms with van der Waals surface area (Å²) >= 11 is 1.44. The Morgan fingerprint density at radius 1 is 1.44 bits per heavy atom. The number of hydrogen-bond donors (Lipinski definition) is 1. The molecule has 1 amide bonds. The normalized spacial score (nSPS) is 18.1. The molecule has 0 atom stereocenters. The number of carbonyl (C=O) groups is 1. The quantitative estimate of drug-likeness (QED) is 0.876. The van der Waals surface area contributed by atoms with Crippen LogP contribution in [0.3, 0.4) is 0 Å². The van der Waals surface area contributed by atoms with Crippen molar-refractivity contribution in [3.8, 4) is 0 Å². The second kappa shape index (κ2) is 5.34. The number of rotatable bonds is 3. The molecule has 1 aromatic heterocycles. The summed E-state index contributed by atoms with van der Waals surface area (Å²) in [4.78, 5) is 20.1. The topological polar surface area (TPSA) is 56.7 Å². The first kappa shape index (κ1) is 13.5. The molecule has 0 radical (unpaired) electrons. The van der Waals surface area contributed by atoms with Crippen molar-refractivity contribution >= 4 is 17.2 Å². The van der Waals surface area contributed by atoms with E-state index in [0.717, 1.165) is 13.1 Å². The fraction of sp³-hybridized carbons (Fsp3) is 0.667. The molecular weight excluding hydrogens is 250 g/mol. The lowest BCUT2D eigenvalue weighted by Gasteiger charge is -2.37. The van der Waals surface area contributed by atoms with Gasteiger partial charge in [0.15, 0.2) is 0 Å². The Morgan fingerprint density at radius 3 is 2.61 bits per heavy atom. The van der Waals surface area contributed by atoms with E-state index in [-0.39, 0.29) is 5.91 Å². The number of aromatic nitrogens is 1. The van der Waals surface area contributed by atoms with Crippen LogP contribution >= 0.6 is 11.3 Å². The number of aliphatic hydroxyl groups is 1. The smallest absolute Gasteiger partial charge is 0.273 e. The number of carbonyl (C=O) groups excluding carboxylic acids is 1. The molecule has 1 saturated heterocycles. The summed E-state index contributed by atoms with van der Waals surface area (Å²) in [7, 11) is 0. The minimum absolute atomic E-state index is 0.0131. The first-order chi connectivity index (χ1) is 8.46. The Morgan fingerprint density at radius 2 is 2.11 bits per heavy atom. The predicted octanol–water partition coefficient (Wildman–Crippen LogP) is 0.672. The lowest BCUT2D eigenvalue weighted by Crippen LogP contribution is -2.52. The van der Waals surface area contributed by atoms with Gasteiger partial charge in [0.1, 0.15) is 5.69 Å². The molecule has 1 N–H and O–H groups in total. The molecule has 1 aliphatic rings. The Balaban J connectivity index is 1.85. The van der Waals surface area contributed by atoms with E-state index in [4.69, 9.17) is 0 Å². The van der Waals surface area contributed by atoms with Gasteiger partial charge >= 0.3 is 0 Å². The van der Waals surface area contributed by atoms with Crippen molar-refractivity contribution in [3.05, 3.63) is 16.6 Å². The molecule has 0 bridgehead atoms. The molecule has 1 aliphatic heterocycles. The highest BCUT2D eigenvalue weighted by Crippen LogP contribution is 2.11. The molecular formula is C12H19N3O2S. The van der Waals surface area contributed by atoms with Crippen LogP contribution in [0.4, 0.5) is 0 Å². The van der Waals surface area contributed by atoms with Crippen LogP contribution in [0.1, 0.15) is 24.3 Å². The summed E-state index contributed by atoms with van der Waals surface area (Å²) in [6, 6.07) is 0. The molecule has 2 rings (SSSR count). The maximum Gasteiger partial charge on any atom is 0.273 e. The Bertz CT molecular complexity index is 392. The van der Waals surface area contributed by atoms with Crippen LogP contribution < -0.4 is 0 Å². The molecule has 0 aliphatic carbocycles.